The maximum Gasteiger partial charge on any atom is 0.175 e. The Bertz CT molecular complexity index is 938. The highest BCUT2D eigenvalue weighted by Gasteiger charge is 2.33. The average Bonchev–Trinajstić information content (AvgIpc) is 3.00. The number of hydrogen-bond acceptors (Lipinski definition) is 4. The van der Waals surface area contributed by atoms with E-state index < -0.39 is 9.84 Å². The highest BCUT2D eigenvalue weighted by molar-refractivity contribution is 7.90. The van der Waals surface area contributed by atoms with E-state index in [1.165, 1.54) is 11.8 Å². The number of phenolic OH excluding ortho intramolecular Hbond substituents is 1. The van der Waals surface area contributed by atoms with Gasteiger partial charge < -0.3 is 5.11 Å². The summed E-state index contributed by atoms with van der Waals surface area (Å²) < 4.78 is 24.2. The van der Waals surface area contributed by atoms with Crippen molar-refractivity contribution >= 4 is 22.2 Å². The van der Waals surface area contributed by atoms with Gasteiger partial charge in [-0.2, -0.15) is 0 Å². The lowest BCUT2D eigenvalue weighted by atomic mass is 9.93. The molecule has 0 bridgehead atoms. The quantitative estimate of drug-likeness (QED) is 0.801. The van der Waals surface area contributed by atoms with Gasteiger partial charge in [0.25, 0.3) is 0 Å². The van der Waals surface area contributed by atoms with E-state index in [9.17, 15) is 13.5 Å². The number of hydrogen-bond donors (Lipinski definition) is 1. The molecule has 0 saturated heterocycles. The van der Waals surface area contributed by atoms with E-state index in [4.69, 9.17) is 0 Å². The van der Waals surface area contributed by atoms with Gasteiger partial charge in [-0.05, 0) is 68.0 Å². The number of halogens is 1. The summed E-state index contributed by atoms with van der Waals surface area (Å²) in [6.45, 7) is 7.78. The molecule has 0 fully saturated rings. The van der Waals surface area contributed by atoms with Gasteiger partial charge >= 0.3 is 0 Å². The third-order valence-electron chi connectivity index (χ3n) is 5.48. The van der Waals surface area contributed by atoms with Crippen LogP contribution in [0.15, 0.2) is 41.3 Å². The standard InChI is InChI=1S/C21H27NO3S.ClH/c1-15-12-16(8-9-19(15)23)10-11-21(2,3)22-13-17-6-5-7-20(18(17)14-22)26(4,24)25;/h5-9,12,23H,10-11,13-14H2,1-4H3;1H. The van der Waals surface area contributed by atoms with Gasteiger partial charge in [-0.3, -0.25) is 4.90 Å². The van der Waals surface area contributed by atoms with Crippen molar-refractivity contribution in [1.29, 1.82) is 0 Å². The van der Waals surface area contributed by atoms with Gasteiger partial charge in [-0.15, -0.1) is 12.4 Å². The summed E-state index contributed by atoms with van der Waals surface area (Å²) in [7, 11) is -3.21. The van der Waals surface area contributed by atoms with Crippen LogP contribution in [-0.4, -0.2) is 30.2 Å². The normalized spacial score (nSPS) is 14.7. The van der Waals surface area contributed by atoms with E-state index in [1.54, 1.807) is 12.1 Å². The predicted octanol–water partition coefficient (Wildman–Crippen LogP) is 4.25. The topological polar surface area (TPSA) is 57.6 Å². The zero-order valence-corrected chi connectivity index (χ0v) is 18.0. The fourth-order valence-electron chi connectivity index (χ4n) is 3.65. The number of sulfone groups is 1. The lowest BCUT2D eigenvalue weighted by molar-refractivity contribution is 0.109. The first kappa shape index (κ1) is 21.7. The van der Waals surface area contributed by atoms with Gasteiger partial charge in [-0.1, -0.05) is 24.3 Å². The second kappa shape index (κ2) is 7.82. The van der Waals surface area contributed by atoms with E-state index in [0.717, 1.165) is 36.1 Å². The van der Waals surface area contributed by atoms with Crippen LogP contribution in [0.3, 0.4) is 0 Å². The minimum Gasteiger partial charge on any atom is -0.508 e. The molecule has 0 unspecified atom stereocenters. The predicted molar refractivity (Wildman–Crippen MR) is 111 cm³/mol. The molecule has 27 heavy (non-hydrogen) atoms. The Morgan fingerprint density at radius 1 is 1.15 bits per heavy atom. The number of aromatic hydroxyl groups is 1. The zero-order valence-electron chi connectivity index (χ0n) is 16.3. The first-order valence-electron chi connectivity index (χ1n) is 8.92. The van der Waals surface area contributed by atoms with E-state index in [0.29, 0.717) is 17.2 Å². The van der Waals surface area contributed by atoms with Crippen LogP contribution in [0.4, 0.5) is 0 Å². The van der Waals surface area contributed by atoms with Crippen LogP contribution < -0.4 is 0 Å². The Kier molecular flexibility index (Phi) is 6.30. The van der Waals surface area contributed by atoms with Gasteiger partial charge in [0.05, 0.1) is 4.90 Å². The first-order valence-corrected chi connectivity index (χ1v) is 10.8. The van der Waals surface area contributed by atoms with Crippen LogP contribution in [0.1, 0.15) is 42.5 Å². The van der Waals surface area contributed by atoms with Crippen molar-refractivity contribution in [3.8, 4) is 5.75 Å². The van der Waals surface area contributed by atoms with Gasteiger partial charge in [-0.25, -0.2) is 8.42 Å². The maximum absolute atomic E-state index is 12.1. The summed E-state index contributed by atoms with van der Waals surface area (Å²) in [5.74, 6) is 0.330. The van der Waals surface area contributed by atoms with Crippen molar-refractivity contribution in [1.82, 2.24) is 4.90 Å². The molecule has 0 atom stereocenters. The van der Waals surface area contributed by atoms with Crippen molar-refractivity contribution in [3.05, 3.63) is 58.7 Å². The minimum absolute atomic E-state index is 0. The second-order valence-electron chi connectivity index (χ2n) is 7.96. The van der Waals surface area contributed by atoms with E-state index >= 15 is 0 Å². The number of rotatable bonds is 5. The molecule has 0 aliphatic carbocycles. The molecule has 0 radical (unpaired) electrons. The Labute approximate surface area is 168 Å². The Hall–Kier alpha value is -1.56. The SMILES string of the molecule is Cc1cc(CCC(C)(C)N2Cc3cccc(S(C)(=O)=O)c3C2)ccc1O.Cl. The van der Waals surface area contributed by atoms with Crippen molar-refractivity contribution in [2.75, 3.05) is 6.26 Å². The summed E-state index contributed by atoms with van der Waals surface area (Å²) in [4.78, 5) is 2.82. The van der Waals surface area contributed by atoms with E-state index in [2.05, 4.69) is 18.7 Å². The van der Waals surface area contributed by atoms with Gasteiger partial charge in [0.2, 0.25) is 0 Å². The fraction of sp³-hybridized carbons (Fsp3) is 0.429. The lowest BCUT2D eigenvalue weighted by Gasteiger charge is -2.35. The molecule has 2 aromatic rings. The molecule has 6 heteroatoms. The Morgan fingerprint density at radius 2 is 1.85 bits per heavy atom. The van der Waals surface area contributed by atoms with Crippen molar-refractivity contribution in [2.24, 2.45) is 0 Å². The monoisotopic (exact) mass is 409 g/mol. The molecule has 2 aromatic carbocycles. The molecule has 1 N–H and O–H groups in total. The number of nitrogens with zero attached hydrogens (tertiary/aromatic N) is 1. The molecule has 148 valence electrons. The summed E-state index contributed by atoms with van der Waals surface area (Å²) >= 11 is 0. The lowest BCUT2D eigenvalue weighted by Crippen LogP contribution is -2.40. The maximum atomic E-state index is 12.1. The molecule has 3 rings (SSSR count). The largest absolute Gasteiger partial charge is 0.508 e. The number of fused-ring (bicyclic) bond motifs is 1. The van der Waals surface area contributed by atoms with Gasteiger partial charge in [0, 0.05) is 24.9 Å². The molecule has 1 aliphatic rings. The molecule has 0 aromatic heterocycles. The fourth-order valence-corrected chi connectivity index (χ4v) is 4.62. The van der Waals surface area contributed by atoms with Crippen LogP contribution in [-0.2, 0) is 29.3 Å². The zero-order chi connectivity index (χ0) is 19.1. The molecule has 1 heterocycles. The summed E-state index contributed by atoms with van der Waals surface area (Å²) in [5, 5.41) is 9.68. The van der Waals surface area contributed by atoms with Crippen molar-refractivity contribution in [2.45, 2.75) is 57.1 Å². The first-order chi connectivity index (χ1) is 12.1. The summed E-state index contributed by atoms with van der Waals surface area (Å²) in [6.07, 6.45) is 3.16. The Morgan fingerprint density at radius 3 is 2.48 bits per heavy atom. The highest BCUT2D eigenvalue weighted by Crippen LogP contribution is 2.35. The van der Waals surface area contributed by atoms with Crippen LogP contribution in [0.2, 0.25) is 0 Å². The average molecular weight is 410 g/mol. The number of phenols is 1. The number of aryl methyl sites for hydroxylation is 2. The molecule has 4 nitrogen and oxygen atoms in total. The second-order valence-corrected chi connectivity index (χ2v) is 9.94. The van der Waals surface area contributed by atoms with E-state index in [1.807, 2.05) is 31.2 Å². The molecule has 0 saturated carbocycles. The molecular weight excluding hydrogens is 382 g/mol. The highest BCUT2D eigenvalue weighted by atomic mass is 35.5. The van der Waals surface area contributed by atoms with Crippen molar-refractivity contribution < 1.29 is 13.5 Å². The molecular formula is C21H28ClNO3S. The molecule has 0 amide bonds. The smallest absolute Gasteiger partial charge is 0.175 e. The Balaban J connectivity index is 0.00000261. The van der Waals surface area contributed by atoms with Crippen LogP contribution >= 0.6 is 12.4 Å². The third-order valence-corrected chi connectivity index (χ3v) is 6.66. The van der Waals surface area contributed by atoms with Crippen LogP contribution in [0.5, 0.6) is 5.75 Å². The minimum atomic E-state index is -3.21. The van der Waals surface area contributed by atoms with Crippen molar-refractivity contribution in [3.63, 3.8) is 0 Å². The molecule has 0 spiro atoms. The van der Waals surface area contributed by atoms with Crippen LogP contribution in [0.25, 0.3) is 0 Å². The van der Waals surface area contributed by atoms with Gasteiger partial charge in [0.1, 0.15) is 5.75 Å². The van der Waals surface area contributed by atoms with Crippen LogP contribution in [0, 0.1) is 6.92 Å². The number of benzene rings is 2. The summed E-state index contributed by atoms with van der Waals surface area (Å²) in [6, 6.07) is 11.3. The van der Waals surface area contributed by atoms with Gasteiger partial charge in [0.15, 0.2) is 9.84 Å². The summed E-state index contributed by atoms with van der Waals surface area (Å²) in [5.41, 5.74) is 4.11. The molecule has 1 aliphatic heterocycles. The van der Waals surface area contributed by atoms with E-state index in [-0.39, 0.29) is 17.9 Å². The third kappa shape index (κ3) is 4.65.